The number of carbonyl (C=O) groups is 1. The van der Waals surface area contributed by atoms with Crippen LogP contribution in [0.1, 0.15) is 9.67 Å². The second kappa shape index (κ2) is 3.96. The van der Waals surface area contributed by atoms with Crippen molar-refractivity contribution in [2.75, 3.05) is 0 Å². The van der Waals surface area contributed by atoms with Crippen molar-refractivity contribution in [3.8, 4) is 11.1 Å². The summed E-state index contributed by atoms with van der Waals surface area (Å²) in [6, 6.07) is 5.81. The van der Waals surface area contributed by atoms with Crippen molar-refractivity contribution >= 4 is 28.3 Å². The average Bonchev–Trinajstić information content (AvgIpc) is 2.97. The summed E-state index contributed by atoms with van der Waals surface area (Å²) in [4.78, 5) is 16.0. The van der Waals surface area contributed by atoms with Crippen molar-refractivity contribution in [2.45, 2.75) is 0 Å². The van der Waals surface area contributed by atoms with Gasteiger partial charge in [0.15, 0.2) is 0 Å². The Bertz CT molecular complexity index is 742. The van der Waals surface area contributed by atoms with E-state index < -0.39 is 0 Å². The molecular formula is C13H11N3OS. The lowest BCUT2D eigenvalue weighted by Gasteiger charge is -2.00. The van der Waals surface area contributed by atoms with Crippen molar-refractivity contribution in [3.63, 3.8) is 0 Å². The molecule has 5 heteroatoms. The maximum absolute atomic E-state index is 11.1. The molecule has 0 aliphatic heterocycles. The van der Waals surface area contributed by atoms with Gasteiger partial charge < -0.3 is 10.3 Å². The first-order valence-corrected chi connectivity index (χ1v) is 6.33. The first-order chi connectivity index (χ1) is 8.66. The van der Waals surface area contributed by atoms with Gasteiger partial charge in [-0.25, -0.2) is 4.98 Å². The van der Waals surface area contributed by atoms with Crippen LogP contribution in [0.2, 0.25) is 0 Å². The molecule has 3 heterocycles. The fourth-order valence-electron chi connectivity index (χ4n) is 2.02. The molecule has 0 saturated heterocycles. The number of amides is 1. The maximum Gasteiger partial charge on any atom is 0.258 e. The fraction of sp³-hybridized carbons (Fsp3) is 0.0769. The molecule has 90 valence electrons. The number of rotatable bonds is 2. The van der Waals surface area contributed by atoms with Gasteiger partial charge in [0, 0.05) is 24.8 Å². The second-order valence-electron chi connectivity index (χ2n) is 4.09. The lowest BCUT2D eigenvalue weighted by molar-refractivity contribution is 0.100. The predicted octanol–water partition coefficient (Wildman–Crippen LogP) is 2.40. The highest BCUT2D eigenvalue weighted by atomic mass is 32.1. The monoisotopic (exact) mass is 257 g/mol. The summed E-state index contributed by atoms with van der Waals surface area (Å²) >= 11 is 1.37. The van der Waals surface area contributed by atoms with E-state index in [1.54, 1.807) is 6.20 Å². The van der Waals surface area contributed by atoms with E-state index >= 15 is 0 Å². The Hall–Kier alpha value is -2.14. The molecule has 2 N–H and O–H groups in total. The number of aromatic nitrogens is 2. The first-order valence-electron chi connectivity index (χ1n) is 5.45. The number of nitrogens with zero attached hydrogens (tertiary/aromatic N) is 2. The lowest BCUT2D eigenvalue weighted by atomic mass is 10.1. The lowest BCUT2D eigenvalue weighted by Crippen LogP contribution is -2.08. The van der Waals surface area contributed by atoms with Crippen LogP contribution >= 0.6 is 11.3 Å². The van der Waals surface area contributed by atoms with Crippen LogP contribution < -0.4 is 5.73 Å². The maximum atomic E-state index is 11.1. The molecule has 0 atom stereocenters. The Morgan fingerprint density at radius 1 is 1.44 bits per heavy atom. The van der Waals surface area contributed by atoms with Crippen molar-refractivity contribution in [3.05, 3.63) is 40.8 Å². The van der Waals surface area contributed by atoms with E-state index in [4.69, 9.17) is 5.73 Å². The molecule has 0 spiro atoms. The highest BCUT2D eigenvalue weighted by molar-refractivity contribution is 7.12. The van der Waals surface area contributed by atoms with Crippen LogP contribution in [0.4, 0.5) is 0 Å². The van der Waals surface area contributed by atoms with Gasteiger partial charge in [-0.2, -0.15) is 0 Å². The van der Waals surface area contributed by atoms with Crippen LogP contribution in [0.25, 0.3) is 22.2 Å². The van der Waals surface area contributed by atoms with Crippen molar-refractivity contribution in [2.24, 2.45) is 12.8 Å². The summed E-state index contributed by atoms with van der Waals surface area (Å²) < 4.78 is 1.97. The van der Waals surface area contributed by atoms with E-state index in [9.17, 15) is 4.79 Å². The molecule has 0 radical (unpaired) electrons. The molecule has 0 unspecified atom stereocenters. The number of aryl methyl sites for hydroxylation is 1. The van der Waals surface area contributed by atoms with Crippen LogP contribution in [-0.2, 0) is 7.05 Å². The topological polar surface area (TPSA) is 60.9 Å². The van der Waals surface area contributed by atoms with Gasteiger partial charge in [-0.3, -0.25) is 4.79 Å². The van der Waals surface area contributed by atoms with E-state index in [0.717, 1.165) is 22.2 Å². The van der Waals surface area contributed by atoms with Crippen LogP contribution in [0.5, 0.6) is 0 Å². The molecule has 3 aromatic rings. The van der Waals surface area contributed by atoms with Gasteiger partial charge in [0.2, 0.25) is 0 Å². The average molecular weight is 257 g/mol. The minimum absolute atomic E-state index is 0.385. The standard InChI is InChI=1S/C13H11N3OS/c1-16-5-3-10-9(2-4-15-13(10)16)8-6-11(12(14)17)18-7-8/h2-7H,1H3,(H2,14,17). The van der Waals surface area contributed by atoms with Gasteiger partial charge in [0.25, 0.3) is 5.91 Å². The van der Waals surface area contributed by atoms with E-state index in [-0.39, 0.29) is 5.91 Å². The third-order valence-corrected chi connectivity index (χ3v) is 3.87. The van der Waals surface area contributed by atoms with E-state index in [1.807, 2.05) is 41.4 Å². The van der Waals surface area contributed by atoms with Gasteiger partial charge in [0.05, 0.1) is 4.88 Å². The number of pyridine rings is 1. The Morgan fingerprint density at radius 3 is 3.00 bits per heavy atom. The number of hydrogen-bond donors (Lipinski definition) is 1. The van der Waals surface area contributed by atoms with Gasteiger partial charge >= 0.3 is 0 Å². The van der Waals surface area contributed by atoms with Gasteiger partial charge in [-0.15, -0.1) is 11.3 Å². The Labute approximate surface area is 108 Å². The Kier molecular flexibility index (Phi) is 2.41. The normalized spacial score (nSPS) is 10.9. The zero-order valence-corrected chi connectivity index (χ0v) is 10.6. The minimum atomic E-state index is -0.385. The summed E-state index contributed by atoms with van der Waals surface area (Å²) in [5.41, 5.74) is 8.29. The quantitative estimate of drug-likeness (QED) is 0.766. The molecular weight excluding hydrogens is 246 g/mol. The zero-order chi connectivity index (χ0) is 12.7. The Balaban J connectivity index is 2.21. The molecule has 0 bridgehead atoms. The summed E-state index contributed by atoms with van der Waals surface area (Å²) in [6.07, 6.45) is 3.75. The SMILES string of the molecule is Cn1ccc2c(-c3csc(C(N)=O)c3)ccnc21. The van der Waals surface area contributed by atoms with Crippen LogP contribution in [0.15, 0.2) is 36.0 Å². The molecule has 0 aliphatic rings. The second-order valence-corrected chi connectivity index (χ2v) is 5.00. The van der Waals surface area contributed by atoms with E-state index in [1.165, 1.54) is 11.3 Å². The number of hydrogen-bond acceptors (Lipinski definition) is 3. The number of thiophene rings is 1. The van der Waals surface area contributed by atoms with E-state index in [2.05, 4.69) is 4.98 Å². The van der Waals surface area contributed by atoms with Gasteiger partial charge in [0.1, 0.15) is 5.65 Å². The fourth-order valence-corrected chi connectivity index (χ4v) is 2.78. The van der Waals surface area contributed by atoms with Gasteiger partial charge in [-0.1, -0.05) is 0 Å². The van der Waals surface area contributed by atoms with Crippen molar-refractivity contribution < 1.29 is 4.79 Å². The van der Waals surface area contributed by atoms with Crippen LogP contribution in [-0.4, -0.2) is 15.5 Å². The third kappa shape index (κ3) is 1.60. The highest BCUT2D eigenvalue weighted by Gasteiger charge is 2.10. The number of nitrogens with two attached hydrogens (primary N) is 1. The third-order valence-electron chi connectivity index (χ3n) is 2.92. The molecule has 3 aromatic heterocycles. The summed E-state index contributed by atoms with van der Waals surface area (Å²) in [5.74, 6) is -0.385. The molecule has 3 rings (SSSR count). The molecule has 18 heavy (non-hydrogen) atoms. The molecule has 0 aromatic carbocycles. The molecule has 0 fully saturated rings. The minimum Gasteiger partial charge on any atom is -0.365 e. The van der Waals surface area contributed by atoms with Crippen LogP contribution in [0.3, 0.4) is 0 Å². The highest BCUT2D eigenvalue weighted by Crippen LogP contribution is 2.31. The molecule has 4 nitrogen and oxygen atoms in total. The first kappa shape index (κ1) is 11.0. The van der Waals surface area contributed by atoms with Crippen molar-refractivity contribution in [1.29, 1.82) is 0 Å². The molecule has 0 saturated carbocycles. The molecule has 1 amide bonds. The smallest absolute Gasteiger partial charge is 0.258 e. The van der Waals surface area contributed by atoms with Gasteiger partial charge in [-0.05, 0) is 34.7 Å². The summed E-state index contributed by atoms with van der Waals surface area (Å²) in [7, 11) is 1.96. The largest absolute Gasteiger partial charge is 0.365 e. The predicted molar refractivity (Wildman–Crippen MR) is 72.5 cm³/mol. The number of fused-ring (bicyclic) bond motifs is 1. The van der Waals surface area contributed by atoms with Crippen molar-refractivity contribution in [1.82, 2.24) is 9.55 Å². The number of carbonyl (C=O) groups excluding carboxylic acids is 1. The summed E-state index contributed by atoms with van der Waals surface area (Å²) in [6.45, 7) is 0. The van der Waals surface area contributed by atoms with Crippen LogP contribution in [0, 0.1) is 0 Å². The Morgan fingerprint density at radius 2 is 2.28 bits per heavy atom. The summed E-state index contributed by atoms with van der Waals surface area (Å²) in [5, 5.41) is 3.02. The zero-order valence-electron chi connectivity index (χ0n) is 9.75. The van der Waals surface area contributed by atoms with E-state index in [0.29, 0.717) is 4.88 Å². The molecule has 0 aliphatic carbocycles. The number of primary amides is 1.